The van der Waals surface area contributed by atoms with Crippen molar-refractivity contribution in [2.45, 2.75) is 18.6 Å². The van der Waals surface area contributed by atoms with Crippen molar-refractivity contribution in [3.05, 3.63) is 101 Å². The maximum atomic E-state index is 12.5. The highest BCUT2D eigenvalue weighted by Crippen LogP contribution is 2.38. The minimum atomic E-state index is -0.728. The molecule has 4 rings (SSSR count). The molecule has 1 aliphatic heterocycles. The van der Waals surface area contributed by atoms with Gasteiger partial charge in [0.25, 0.3) is 0 Å². The van der Waals surface area contributed by atoms with Crippen molar-refractivity contribution in [3.63, 3.8) is 0 Å². The molecular formula is C26H27NO3S. The summed E-state index contributed by atoms with van der Waals surface area (Å²) in [5.74, 6) is 1.16. The van der Waals surface area contributed by atoms with E-state index in [1.165, 1.54) is 11.8 Å². The molecule has 0 saturated carbocycles. The third-order valence-electron chi connectivity index (χ3n) is 5.66. The fourth-order valence-corrected chi connectivity index (χ4v) is 4.53. The average Bonchev–Trinajstić information content (AvgIpc) is 3.03. The van der Waals surface area contributed by atoms with E-state index < -0.39 is 6.10 Å². The molecule has 3 aromatic carbocycles. The molecule has 0 saturated heterocycles. The third-order valence-corrected chi connectivity index (χ3v) is 6.20. The molecule has 3 aromatic rings. The Morgan fingerprint density at radius 3 is 2.26 bits per heavy atom. The summed E-state index contributed by atoms with van der Waals surface area (Å²) in [6.07, 6.45) is 1.20. The third kappa shape index (κ3) is 4.94. The van der Waals surface area contributed by atoms with Gasteiger partial charge in [-0.1, -0.05) is 66.7 Å². The van der Waals surface area contributed by atoms with Gasteiger partial charge in [-0.15, -0.1) is 0 Å². The van der Waals surface area contributed by atoms with Crippen LogP contribution in [-0.4, -0.2) is 41.1 Å². The smallest absolute Gasteiger partial charge is 0.232 e. The van der Waals surface area contributed by atoms with E-state index in [2.05, 4.69) is 24.3 Å². The molecule has 0 radical (unpaired) electrons. The van der Waals surface area contributed by atoms with Gasteiger partial charge in [-0.3, -0.25) is 4.79 Å². The second kappa shape index (κ2) is 10.0. The molecule has 0 unspecified atom stereocenters. The fourth-order valence-electron chi connectivity index (χ4n) is 4.10. The minimum absolute atomic E-state index is 0.112. The van der Waals surface area contributed by atoms with Gasteiger partial charge >= 0.3 is 0 Å². The minimum Gasteiger partial charge on any atom is -0.491 e. The van der Waals surface area contributed by atoms with Crippen molar-refractivity contribution in [2.24, 2.45) is 0 Å². The largest absolute Gasteiger partial charge is 0.491 e. The van der Waals surface area contributed by atoms with Gasteiger partial charge in [0.15, 0.2) is 0 Å². The summed E-state index contributed by atoms with van der Waals surface area (Å²) >= 11 is 1.53. The van der Waals surface area contributed by atoms with Gasteiger partial charge in [-0.25, -0.2) is 0 Å². The van der Waals surface area contributed by atoms with Crippen LogP contribution in [0.5, 0.6) is 5.75 Å². The van der Waals surface area contributed by atoms with Crippen molar-refractivity contribution < 1.29 is 14.6 Å². The normalized spacial score (nSPS) is 14.5. The van der Waals surface area contributed by atoms with Gasteiger partial charge in [0, 0.05) is 18.0 Å². The Hall–Kier alpha value is -2.76. The highest BCUT2D eigenvalue weighted by atomic mass is 32.2. The van der Waals surface area contributed by atoms with Crippen LogP contribution >= 0.6 is 11.8 Å². The van der Waals surface area contributed by atoms with Crippen LogP contribution in [0.4, 0.5) is 0 Å². The number of ether oxygens (including phenoxy) is 1. The molecule has 0 spiro atoms. The van der Waals surface area contributed by atoms with Crippen molar-refractivity contribution in [1.82, 2.24) is 4.90 Å². The average molecular weight is 434 g/mol. The van der Waals surface area contributed by atoms with Gasteiger partial charge in [0.2, 0.25) is 5.91 Å². The van der Waals surface area contributed by atoms with E-state index in [9.17, 15) is 9.90 Å². The molecule has 31 heavy (non-hydrogen) atoms. The van der Waals surface area contributed by atoms with Gasteiger partial charge < -0.3 is 14.7 Å². The lowest BCUT2D eigenvalue weighted by molar-refractivity contribution is -0.129. The Kier molecular flexibility index (Phi) is 6.95. The summed E-state index contributed by atoms with van der Waals surface area (Å²) in [6.45, 7) is 1.55. The van der Waals surface area contributed by atoms with Gasteiger partial charge in [-0.2, -0.15) is 11.8 Å². The predicted molar refractivity (Wildman–Crippen MR) is 125 cm³/mol. The molecule has 0 bridgehead atoms. The number of carbonyl (C=O) groups excluding carboxylic acids is 1. The molecule has 4 nitrogen and oxygen atoms in total. The highest BCUT2D eigenvalue weighted by molar-refractivity contribution is 7.99. The van der Waals surface area contributed by atoms with Gasteiger partial charge in [0.05, 0.1) is 18.4 Å². The number of amides is 1. The SMILES string of the molecule is CSCC(=O)N1CCOc2ccc([C@@H](O)C(c3ccccc3)c3ccccc3)cc2C1. The van der Waals surface area contributed by atoms with Crippen molar-refractivity contribution in [1.29, 1.82) is 0 Å². The Morgan fingerprint density at radius 2 is 1.65 bits per heavy atom. The fraction of sp³-hybridized carbons (Fsp3) is 0.269. The van der Waals surface area contributed by atoms with Crippen LogP contribution in [0.2, 0.25) is 0 Å². The number of thioether (sulfide) groups is 1. The molecule has 5 heteroatoms. The van der Waals surface area contributed by atoms with E-state index >= 15 is 0 Å². The maximum absolute atomic E-state index is 12.5. The zero-order valence-electron chi connectivity index (χ0n) is 17.6. The predicted octanol–water partition coefficient (Wildman–Crippen LogP) is 4.64. The first-order chi connectivity index (χ1) is 15.2. The Labute approximate surface area is 187 Å². The molecule has 1 heterocycles. The molecule has 1 aliphatic rings. The lowest BCUT2D eigenvalue weighted by Gasteiger charge is -2.25. The number of hydrogen-bond donors (Lipinski definition) is 1. The number of rotatable bonds is 6. The van der Waals surface area contributed by atoms with Crippen LogP contribution in [0.3, 0.4) is 0 Å². The quantitative estimate of drug-likeness (QED) is 0.616. The van der Waals surface area contributed by atoms with E-state index in [1.807, 2.05) is 65.8 Å². The van der Waals surface area contributed by atoms with Crippen LogP contribution < -0.4 is 4.74 Å². The first kappa shape index (κ1) is 21.5. The molecule has 0 fully saturated rings. The molecule has 0 aliphatic carbocycles. The first-order valence-electron chi connectivity index (χ1n) is 10.5. The molecule has 160 valence electrons. The second-order valence-corrected chi connectivity index (χ2v) is 8.57. The lowest BCUT2D eigenvalue weighted by atomic mass is 9.83. The summed E-state index contributed by atoms with van der Waals surface area (Å²) < 4.78 is 5.89. The van der Waals surface area contributed by atoms with E-state index in [4.69, 9.17) is 4.74 Å². The van der Waals surface area contributed by atoms with Crippen LogP contribution in [0.1, 0.15) is 34.3 Å². The van der Waals surface area contributed by atoms with Crippen LogP contribution in [0.15, 0.2) is 78.9 Å². The molecule has 1 atom stereocenters. The number of nitrogens with zero attached hydrogens (tertiary/aromatic N) is 1. The molecular weight excluding hydrogens is 406 g/mol. The van der Waals surface area contributed by atoms with E-state index in [0.29, 0.717) is 25.4 Å². The Bertz CT molecular complexity index is 970. The number of aliphatic hydroxyl groups excluding tert-OH is 1. The molecule has 1 amide bonds. The summed E-state index contributed by atoms with van der Waals surface area (Å²) in [7, 11) is 0. The van der Waals surface area contributed by atoms with Crippen molar-refractivity contribution in [3.8, 4) is 5.75 Å². The van der Waals surface area contributed by atoms with E-state index in [0.717, 1.165) is 28.0 Å². The summed E-state index contributed by atoms with van der Waals surface area (Å²) in [5.41, 5.74) is 3.87. The Morgan fingerprint density at radius 1 is 1.00 bits per heavy atom. The highest BCUT2D eigenvalue weighted by Gasteiger charge is 2.26. The van der Waals surface area contributed by atoms with E-state index in [1.54, 1.807) is 0 Å². The zero-order chi connectivity index (χ0) is 21.6. The number of aliphatic hydroxyl groups is 1. The summed E-state index contributed by atoms with van der Waals surface area (Å²) in [4.78, 5) is 14.3. The van der Waals surface area contributed by atoms with E-state index in [-0.39, 0.29) is 11.8 Å². The number of fused-ring (bicyclic) bond motifs is 1. The summed E-state index contributed by atoms with van der Waals surface area (Å²) in [6, 6.07) is 26.0. The molecule has 1 N–H and O–H groups in total. The maximum Gasteiger partial charge on any atom is 0.232 e. The topological polar surface area (TPSA) is 49.8 Å². The molecule has 0 aromatic heterocycles. The lowest BCUT2D eigenvalue weighted by Crippen LogP contribution is -2.33. The standard InChI is InChI=1S/C26H27NO3S/c1-31-18-24(28)27-14-15-30-23-13-12-21(16-22(23)17-27)26(29)25(19-8-4-2-5-9-19)20-10-6-3-7-11-20/h2-13,16,25-26,29H,14-15,17-18H2,1H3/t26-/m1/s1. The number of benzene rings is 3. The van der Waals surface area contributed by atoms with Crippen molar-refractivity contribution in [2.75, 3.05) is 25.2 Å². The van der Waals surface area contributed by atoms with Gasteiger partial charge in [0.1, 0.15) is 12.4 Å². The first-order valence-corrected chi connectivity index (χ1v) is 11.9. The van der Waals surface area contributed by atoms with Crippen molar-refractivity contribution >= 4 is 17.7 Å². The van der Waals surface area contributed by atoms with Crippen LogP contribution in [0.25, 0.3) is 0 Å². The number of carbonyl (C=O) groups is 1. The Balaban J connectivity index is 1.67. The zero-order valence-corrected chi connectivity index (χ0v) is 18.4. The van der Waals surface area contributed by atoms with Crippen LogP contribution in [-0.2, 0) is 11.3 Å². The van der Waals surface area contributed by atoms with Gasteiger partial charge in [-0.05, 0) is 35.1 Å². The van der Waals surface area contributed by atoms with Crippen LogP contribution in [0, 0.1) is 0 Å². The number of hydrogen-bond acceptors (Lipinski definition) is 4. The second-order valence-electron chi connectivity index (χ2n) is 7.71. The monoisotopic (exact) mass is 433 g/mol. The summed E-state index contributed by atoms with van der Waals surface area (Å²) in [5, 5.41) is 11.5.